The van der Waals surface area contributed by atoms with E-state index in [-0.39, 0.29) is 5.75 Å². The summed E-state index contributed by atoms with van der Waals surface area (Å²) in [6.07, 6.45) is 0. The number of nitrogens with zero attached hydrogens (tertiary/aromatic N) is 1. The molecule has 1 aromatic heterocycles. The molecule has 0 saturated heterocycles. The van der Waals surface area contributed by atoms with Gasteiger partial charge < -0.3 is 5.11 Å². The maximum Gasteiger partial charge on any atom is 0.124 e. The zero-order chi connectivity index (χ0) is 11.7. The van der Waals surface area contributed by atoms with Crippen molar-refractivity contribution in [3.05, 3.63) is 60.7 Å². The molecule has 2 nitrogen and oxygen atoms in total. The summed E-state index contributed by atoms with van der Waals surface area (Å²) in [5.74, 6) is 0.260. The van der Waals surface area contributed by atoms with Gasteiger partial charge in [0.25, 0.3) is 0 Å². The second-order valence-electron chi connectivity index (χ2n) is 3.91. The molecule has 3 rings (SSSR count). The number of phenols is 1. The van der Waals surface area contributed by atoms with Crippen LogP contribution in [0.5, 0.6) is 5.75 Å². The zero-order valence-corrected chi connectivity index (χ0v) is 9.17. The van der Waals surface area contributed by atoms with Crippen LogP contribution in [0.3, 0.4) is 0 Å². The Balaban J connectivity index is 2.22. The van der Waals surface area contributed by atoms with E-state index in [4.69, 9.17) is 0 Å². The summed E-state index contributed by atoms with van der Waals surface area (Å²) in [6, 6.07) is 19.1. The van der Waals surface area contributed by atoms with E-state index < -0.39 is 0 Å². The maximum atomic E-state index is 9.80. The lowest BCUT2D eigenvalue weighted by atomic mass is 10.1. The quantitative estimate of drug-likeness (QED) is 0.681. The van der Waals surface area contributed by atoms with Gasteiger partial charge in [0.05, 0.1) is 11.2 Å². The third-order valence-electron chi connectivity index (χ3n) is 2.78. The highest BCUT2D eigenvalue weighted by atomic mass is 16.3. The van der Waals surface area contributed by atoms with Crippen LogP contribution in [0, 0.1) is 0 Å². The summed E-state index contributed by atoms with van der Waals surface area (Å²) in [5.41, 5.74) is 2.49. The predicted octanol–water partition coefficient (Wildman–Crippen LogP) is 3.61. The molecule has 1 N–H and O–H groups in total. The lowest BCUT2D eigenvalue weighted by Gasteiger charge is -2.04. The summed E-state index contributed by atoms with van der Waals surface area (Å²) in [6.45, 7) is 0. The van der Waals surface area contributed by atoms with Crippen molar-refractivity contribution in [1.82, 2.24) is 4.98 Å². The van der Waals surface area contributed by atoms with Gasteiger partial charge in [-0.3, -0.25) is 0 Å². The van der Waals surface area contributed by atoms with E-state index >= 15 is 0 Å². The fourth-order valence-electron chi connectivity index (χ4n) is 1.91. The van der Waals surface area contributed by atoms with E-state index in [1.54, 1.807) is 12.1 Å². The second kappa shape index (κ2) is 3.91. The molecule has 17 heavy (non-hydrogen) atoms. The van der Waals surface area contributed by atoms with Crippen LogP contribution in [0.1, 0.15) is 0 Å². The molecule has 1 heterocycles. The number of para-hydroxylation sites is 2. The summed E-state index contributed by atoms with van der Waals surface area (Å²) in [4.78, 5) is 4.55. The SMILES string of the molecule is Oc1ccccc1-c1ccc2ccccc2n1. The number of fused-ring (bicyclic) bond motifs is 1. The molecule has 82 valence electrons. The largest absolute Gasteiger partial charge is 0.507 e. The van der Waals surface area contributed by atoms with Gasteiger partial charge in [-0.25, -0.2) is 4.98 Å². The van der Waals surface area contributed by atoms with Crippen molar-refractivity contribution in [2.45, 2.75) is 0 Å². The van der Waals surface area contributed by atoms with Crippen molar-refractivity contribution in [3.8, 4) is 17.0 Å². The molecule has 0 aliphatic carbocycles. The zero-order valence-electron chi connectivity index (χ0n) is 9.17. The highest BCUT2D eigenvalue weighted by molar-refractivity contribution is 5.82. The van der Waals surface area contributed by atoms with E-state index in [9.17, 15) is 5.11 Å². The van der Waals surface area contributed by atoms with Crippen LogP contribution in [0.4, 0.5) is 0 Å². The first-order valence-electron chi connectivity index (χ1n) is 5.49. The first kappa shape index (κ1) is 9.85. The minimum Gasteiger partial charge on any atom is -0.507 e. The van der Waals surface area contributed by atoms with Crippen LogP contribution in [-0.2, 0) is 0 Å². The number of benzene rings is 2. The number of aromatic nitrogens is 1. The molecule has 0 aliphatic heterocycles. The Bertz CT molecular complexity index is 676. The van der Waals surface area contributed by atoms with Crippen molar-refractivity contribution in [3.63, 3.8) is 0 Å². The highest BCUT2D eigenvalue weighted by Crippen LogP contribution is 2.28. The number of hydrogen-bond acceptors (Lipinski definition) is 2. The molecular formula is C15H11NO. The van der Waals surface area contributed by atoms with Gasteiger partial charge >= 0.3 is 0 Å². The van der Waals surface area contributed by atoms with Gasteiger partial charge in [0.15, 0.2) is 0 Å². The average Bonchev–Trinajstić information content (AvgIpc) is 2.39. The van der Waals surface area contributed by atoms with Crippen molar-refractivity contribution >= 4 is 10.9 Å². The second-order valence-corrected chi connectivity index (χ2v) is 3.91. The lowest BCUT2D eigenvalue weighted by Crippen LogP contribution is -1.85. The van der Waals surface area contributed by atoms with Gasteiger partial charge in [-0.2, -0.15) is 0 Å². The Labute approximate surface area is 99.2 Å². The van der Waals surface area contributed by atoms with Gasteiger partial charge in [-0.05, 0) is 24.3 Å². The molecule has 0 amide bonds. The van der Waals surface area contributed by atoms with Crippen molar-refractivity contribution in [1.29, 1.82) is 0 Å². The fraction of sp³-hybridized carbons (Fsp3) is 0. The predicted molar refractivity (Wildman–Crippen MR) is 68.8 cm³/mol. The third-order valence-corrected chi connectivity index (χ3v) is 2.78. The normalized spacial score (nSPS) is 10.6. The molecule has 2 heteroatoms. The molecule has 0 bridgehead atoms. The van der Waals surface area contributed by atoms with Gasteiger partial charge in [0, 0.05) is 10.9 Å². The Morgan fingerprint density at radius 1 is 0.765 bits per heavy atom. The van der Waals surface area contributed by atoms with Crippen LogP contribution in [0.25, 0.3) is 22.2 Å². The monoisotopic (exact) mass is 221 g/mol. The Hall–Kier alpha value is -2.35. The molecule has 0 radical (unpaired) electrons. The van der Waals surface area contributed by atoms with Crippen LogP contribution >= 0.6 is 0 Å². The van der Waals surface area contributed by atoms with Crippen LogP contribution in [0.15, 0.2) is 60.7 Å². The van der Waals surface area contributed by atoms with E-state index in [1.165, 1.54) is 0 Å². The average molecular weight is 221 g/mol. The molecule has 0 fully saturated rings. The minimum atomic E-state index is 0.260. The summed E-state index contributed by atoms with van der Waals surface area (Å²) >= 11 is 0. The number of phenolic OH excluding ortho intramolecular Hbond substituents is 1. The fourth-order valence-corrected chi connectivity index (χ4v) is 1.91. The van der Waals surface area contributed by atoms with E-state index in [0.29, 0.717) is 0 Å². The molecule has 0 saturated carbocycles. The molecule has 2 aromatic carbocycles. The molecule has 0 spiro atoms. The lowest BCUT2D eigenvalue weighted by molar-refractivity contribution is 0.477. The van der Waals surface area contributed by atoms with Gasteiger partial charge in [0.2, 0.25) is 0 Å². The summed E-state index contributed by atoms with van der Waals surface area (Å²) < 4.78 is 0. The van der Waals surface area contributed by atoms with E-state index in [0.717, 1.165) is 22.2 Å². The highest BCUT2D eigenvalue weighted by Gasteiger charge is 2.04. The maximum absolute atomic E-state index is 9.80. The molecular weight excluding hydrogens is 210 g/mol. The molecule has 0 aliphatic rings. The van der Waals surface area contributed by atoms with Gasteiger partial charge in [-0.1, -0.05) is 36.4 Å². The minimum absolute atomic E-state index is 0.260. The summed E-state index contributed by atoms with van der Waals surface area (Å²) in [5, 5.41) is 10.9. The van der Waals surface area contributed by atoms with Crippen LogP contribution < -0.4 is 0 Å². The first-order chi connectivity index (χ1) is 8.34. The Morgan fingerprint density at radius 3 is 2.41 bits per heavy atom. The number of hydrogen-bond donors (Lipinski definition) is 1. The van der Waals surface area contributed by atoms with E-state index in [1.807, 2.05) is 48.5 Å². The van der Waals surface area contributed by atoms with Gasteiger partial charge in [-0.15, -0.1) is 0 Å². The topological polar surface area (TPSA) is 33.1 Å². The number of rotatable bonds is 1. The number of aromatic hydroxyl groups is 1. The van der Waals surface area contributed by atoms with Crippen LogP contribution in [0.2, 0.25) is 0 Å². The summed E-state index contributed by atoms with van der Waals surface area (Å²) in [7, 11) is 0. The smallest absolute Gasteiger partial charge is 0.124 e. The Morgan fingerprint density at radius 2 is 1.53 bits per heavy atom. The number of pyridine rings is 1. The van der Waals surface area contributed by atoms with E-state index in [2.05, 4.69) is 4.98 Å². The molecule has 0 unspecified atom stereocenters. The standard InChI is InChI=1S/C15H11NO/c17-15-8-4-2-6-12(15)14-10-9-11-5-1-3-7-13(11)16-14/h1-10,17H. The first-order valence-corrected chi connectivity index (χ1v) is 5.49. The molecule has 0 atom stereocenters. The van der Waals surface area contributed by atoms with Crippen molar-refractivity contribution in [2.24, 2.45) is 0 Å². The Kier molecular flexibility index (Phi) is 2.26. The van der Waals surface area contributed by atoms with Crippen LogP contribution in [-0.4, -0.2) is 10.1 Å². The van der Waals surface area contributed by atoms with Crippen molar-refractivity contribution in [2.75, 3.05) is 0 Å². The molecule has 3 aromatic rings. The van der Waals surface area contributed by atoms with Gasteiger partial charge in [0.1, 0.15) is 5.75 Å². The van der Waals surface area contributed by atoms with Crippen molar-refractivity contribution < 1.29 is 5.11 Å². The third kappa shape index (κ3) is 1.74.